The van der Waals surface area contributed by atoms with Gasteiger partial charge in [-0.15, -0.1) is 0 Å². The molecule has 1 spiro atoms. The number of allylic oxidation sites excluding steroid dienone is 1. The molecule has 2 bridgehead atoms. The van der Waals surface area contributed by atoms with Gasteiger partial charge in [0.1, 0.15) is 17.8 Å². The number of rotatable bonds is 0. The Morgan fingerprint density at radius 1 is 1.21 bits per heavy atom. The molecule has 154 valence electrons. The Bertz CT molecular complexity index is 823. The van der Waals surface area contributed by atoms with Crippen LogP contribution in [-0.4, -0.2) is 46.2 Å². The van der Waals surface area contributed by atoms with Gasteiger partial charge in [0.25, 0.3) is 0 Å². The van der Waals surface area contributed by atoms with Crippen molar-refractivity contribution in [2.45, 2.75) is 71.6 Å². The second-order valence-corrected chi connectivity index (χ2v) is 10.9. The highest BCUT2D eigenvalue weighted by molar-refractivity contribution is 5.95. The van der Waals surface area contributed by atoms with Gasteiger partial charge in [0.05, 0.1) is 12.0 Å². The monoisotopic (exact) mass is 388 g/mol. The molecule has 0 radical (unpaired) electrons. The summed E-state index contributed by atoms with van der Waals surface area (Å²) in [7, 11) is 0. The number of fused-ring (bicyclic) bond motifs is 5. The van der Waals surface area contributed by atoms with E-state index in [0.29, 0.717) is 18.1 Å². The van der Waals surface area contributed by atoms with Crippen LogP contribution in [-0.2, 0) is 14.3 Å². The first-order valence-corrected chi connectivity index (χ1v) is 10.5. The number of aliphatic hydroxyl groups excluding tert-OH is 1. The normalized spacial score (nSPS) is 53.1. The van der Waals surface area contributed by atoms with Crippen molar-refractivity contribution in [2.24, 2.45) is 34.5 Å². The molecule has 2 N–H and O–H groups in total. The maximum absolute atomic E-state index is 14.1. The highest BCUT2D eigenvalue weighted by atomic mass is 16.7. The molecule has 0 aromatic heterocycles. The van der Waals surface area contributed by atoms with E-state index in [-0.39, 0.29) is 29.0 Å². The van der Waals surface area contributed by atoms with Gasteiger partial charge in [-0.3, -0.25) is 4.79 Å². The molecule has 1 aliphatic heterocycles. The minimum Gasteiger partial charge on any atom is -0.386 e. The Morgan fingerprint density at radius 3 is 2.57 bits per heavy atom. The third-order valence-electron chi connectivity index (χ3n) is 8.71. The Kier molecular flexibility index (Phi) is 3.51. The molecule has 8 atom stereocenters. The first-order chi connectivity index (χ1) is 12.9. The molecular weight excluding hydrogens is 356 g/mol. The number of ketones is 1. The summed E-state index contributed by atoms with van der Waals surface area (Å²) in [5.41, 5.74) is -1.29. The average molecular weight is 389 g/mol. The summed E-state index contributed by atoms with van der Waals surface area (Å²) in [5, 5.41) is 23.4. The molecule has 2 saturated carbocycles. The zero-order valence-corrected chi connectivity index (χ0v) is 17.7. The van der Waals surface area contributed by atoms with Crippen LogP contribution in [0.15, 0.2) is 23.3 Å². The van der Waals surface area contributed by atoms with Gasteiger partial charge in [-0.05, 0) is 61.5 Å². The van der Waals surface area contributed by atoms with Crippen LogP contribution < -0.4 is 0 Å². The molecule has 3 fully saturated rings. The number of ether oxygens (including phenoxy) is 2. The molecule has 28 heavy (non-hydrogen) atoms. The zero-order valence-electron chi connectivity index (χ0n) is 17.7. The van der Waals surface area contributed by atoms with E-state index < -0.39 is 29.0 Å². The van der Waals surface area contributed by atoms with E-state index in [9.17, 15) is 15.0 Å². The van der Waals surface area contributed by atoms with Crippen molar-refractivity contribution in [1.29, 1.82) is 0 Å². The standard InChI is InChI=1S/C23H32O5/c1-11-9-22-12(2)7-15-16(20(15,3)4)14(18(22)25)8-13-10-27-21(5,6)28-19(13)23(22,26)17(11)24/h8-9,12,14-17,19,24,26H,7,10H2,1-6H3/t12?,14-,15+,16-,17-,19+,22?,23+/m0/s1. The number of carbonyl (C=O) groups is 1. The lowest BCUT2D eigenvalue weighted by Gasteiger charge is -2.52. The lowest BCUT2D eigenvalue weighted by Crippen LogP contribution is -2.67. The number of aliphatic hydroxyl groups is 2. The topological polar surface area (TPSA) is 76.0 Å². The maximum atomic E-state index is 14.1. The predicted octanol–water partition coefficient (Wildman–Crippen LogP) is 2.61. The molecule has 0 aromatic carbocycles. The Labute approximate surface area is 166 Å². The van der Waals surface area contributed by atoms with E-state index in [1.165, 1.54) is 0 Å². The number of hydrogen-bond donors (Lipinski definition) is 2. The van der Waals surface area contributed by atoms with Crippen molar-refractivity contribution in [3.05, 3.63) is 23.3 Å². The summed E-state index contributed by atoms with van der Waals surface area (Å²) in [6, 6.07) is 0. The fourth-order valence-electron chi connectivity index (χ4n) is 7.14. The predicted molar refractivity (Wildman–Crippen MR) is 103 cm³/mol. The summed E-state index contributed by atoms with van der Waals surface area (Å²) in [4.78, 5) is 14.1. The smallest absolute Gasteiger partial charge is 0.164 e. The van der Waals surface area contributed by atoms with Crippen molar-refractivity contribution < 1.29 is 24.5 Å². The van der Waals surface area contributed by atoms with Crippen molar-refractivity contribution >= 4 is 5.78 Å². The van der Waals surface area contributed by atoms with E-state index in [1.54, 1.807) is 0 Å². The van der Waals surface area contributed by atoms with E-state index in [0.717, 1.165) is 12.0 Å². The third-order valence-corrected chi connectivity index (χ3v) is 8.71. The lowest BCUT2D eigenvalue weighted by molar-refractivity contribution is -0.303. The SMILES string of the molecule is CC1=CC23C(=O)[C@@H](C=C4COC(C)(C)O[C@H]4[C@]2(O)[C@H]1O)[C@H]1[C@@H](CC3C)C1(C)C. The minimum absolute atomic E-state index is 0.0415. The quantitative estimate of drug-likeness (QED) is 0.624. The van der Waals surface area contributed by atoms with E-state index >= 15 is 0 Å². The average Bonchev–Trinajstić information content (AvgIpc) is 3.10. The van der Waals surface area contributed by atoms with Crippen LogP contribution in [0.25, 0.3) is 0 Å². The number of carbonyl (C=O) groups excluding carboxylic acids is 1. The minimum atomic E-state index is -1.71. The maximum Gasteiger partial charge on any atom is 0.164 e. The van der Waals surface area contributed by atoms with Gasteiger partial charge < -0.3 is 19.7 Å². The lowest BCUT2D eigenvalue weighted by atomic mass is 9.59. The summed E-state index contributed by atoms with van der Waals surface area (Å²) >= 11 is 0. The van der Waals surface area contributed by atoms with Crippen molar-refractivity contribution in [2.75, 3.05) is 6.61 Å². The Morgan fingerprint density at radius 2 is 1.89 bits per heavy atom. The van der Waals surface area contributed by atoms with Gasteiger partial charge in [0.2, 0.25) is 0 Å². The van der Waals surface area contributed by atoms with Gasteiger partial charge in [-0.25, -0.2) is 0 Å². The molecule has 5 heteroatoms. The third kappa shape index (κ3) is 1.95. The van der Waals surface area contributed by atoms with Crippen LogP contribution >= 0.6 is 0 Å². The molecule has 1 heterocycles. The number of Topliss-reactive ketones (excluding diaryl/α,β-unsaturated/α-hetero) is 1. The first kappa shape index (κ1) is 19.0. The highest BCUT2D eigenvalue weighted by Gasteiger charge is 2.76. The molecular formula is C23H32O5. The summed E-state index contributed by atoms with van der Waals surface area (Å²) in [6.45, 7) is 12.3. The fourth-order valence-corrected chi connectivity index (χ4v) is 7.14. The van der Waals surface area contributed by atoms with Crippen LogP contribution in [0.1, 0.15) is 48.0 Å². The molecule has 5 aliphatic rings. The van der Waals surface area contributed by atoms with Gasteiger partial charge in [0, 0.05) is 5.92 Å². The molecule has 5 nitrogen and oxygen atoms in total. The molecule has 5 rings (SSSR count). The summed E-state index contributed by atoms with van der Waals surface area (Å²) in [6.07, 6.45) is 2.85. The molecule has 1 saturated heterocycles. The Hall–Kier alpha value is -1.01. The van der Waals surface area contributed by atoms with Crippen LogP contribution in [0, 0.1) is 34.5 Å². The van der Waals surface area contributed by atoms with Gasteiger partial charge in [0.15, 0.2) is 11.6 Å². The molecule has 2 unspecified atom stereocenters. The summed E-state index contributed by atoms with van der Waals surface area (Å²) < 4.78 is 12.1. The first-order valence-electron chi connectivity index (χ1n) is 10.5. The van der Waals surface area contributed by atoms with Crippen LogP contribution in [0.4, 0.5) is 0 Å². The zero-order chi connectivity index (χ0) is 20.4. The van der Waals surface area contributed by atoms with Crippen LogP contribution in [0.3, 0.4) is 0 Å². The van der Waals surface area contributed by atoms with Crippen molar-refractivity contribution in [3.63, 3.8) is 0 Å². The highest BCUT2D eigenvalue weighted by Crippen LogP contribution is 2.72. The summed E-state index contributed by atoms with van der Waals surface area (Å²) in [5.74, 6) is -0.504. The largest absolute Gasteiger partial charge is 0.386 e. The van der Waals surface area contributed by atoms with Crippen LogP contribution in [0.2, 0.25) is 0 Å². The van der Waals surface area contributed by atoms with Crippen molar-refractivity contribution in [3.8, 4) is 0 Å². The Balaban J connectivity index is 1.77. The van der Waals surface area contributed by atoms with E-state index in [1.807, 2.05) is 32.9 Å². The van der Waals surface area contributed by atoms with Crippen molar-refractivity contribution in [1.82, 2.24) is 0 Å². The number of hydrogen-bond acceptors (Lipinski definition) is 5. The van der Waals surface area contributed by atoms with E-state index in [4.69, 9.17) is 9.47 Å². The second-order valence-electron chi connectivity index (χ2n) is 10.9. The molecule has 4 aliphatic carbocycles. The molecule has 0 amide bonds. The van der Waals surface area contributed by atoms with Gasteiger partial charge in [-0.2, -0.15) is 0 Å². The fraction of sp³-hybridized carbons (Fsp3) is 0.783. The van der Waals surface area contributed by atoms with Gasteiger partial charge >= 0.3 is 0 Å². The molecule has 0 aromatic rings. The van der Waals surface area contributed by atoms with Gasteiger partial charge in [-0.1, -0.05) is 32.9 Å². The van der Waals surface area contributed by atoms with E-state index in [2.05, 4.69) is 20.8 Å². The second kappa shape index (κ2) is 5.18. The van der Waals surface area contributed by atoms with Crippen LogP contribution in [0.5, 0.6) is 0 Å².